The number of nitro groups is 1. The lowest BCUT2D eigenvalue weighted by Crippen LogP contribution is -2.34. The summed E-state index contributed by atoms with van der Waals surface area (Å²) in [6, 6.07) is 6.95. The third-order valence-corrected chi connectivity index (χ3v) is 4.23. The van der Waals surface area contributed by atoms with Crippen LogP contribution in [0.4, 0.5) is 5.69 Å². The van der Waals surface area contributed by atoms with Crippen LogP contribution in [0, 0.1) is 10.1 Å². The molecule has 0 atom stereocenters. The molecule has 0 radical (unpaired) electrons. The molecule has 2 N–H and O–H groups in total. The van der Waals surface area contributed by atoms with Crippen molar-refractivity contribution in [3.8, 4) is 17.2 Å². The van der Waals surface area contributed by atoms with Crippen LogP contribution in [0.1, 0.15) is 15.9 Å². The molecule has 0 aliphatic carbocycles. The number of nitrogens with zero attached hydrogens (tertiary/aromatic N) is 2. The summed E-state index contributed by atoms with van der Waals surface area (Å²) in [5, 5.41) is 17.0. The smallest absolute Gasteiger partial charge is 0.288 e. The topological polar surface area (TPSA) is 141 Å². The van der Waals surface area contributed by atoms with E-state index < -0.39 is 16.7 Å². The molecule has 12 heteroatoms. The zero-order valence-corrected chi connectivity index (χ0v) is 17.6. The predicted molar refractivity (Wildman–Crippen MR) is 112 cm³/mol. The van der Waals surface area contributed by atoms with Gasteiger partial charge < -0.3 is 19.5 Å². The molecular formula is C19H19ClN4O7. The molecule has 0 saturated heterocycles. The first-order valence-electron chi connectivity index (χ1n) is 8.64. The van der Waals surface area contributed by atoms with Crippen molar-refractivity contribution in [1.82, 2.24) is 10.7 Å². The lowest BCUT2D eigenvalue weighted by Gasteiger charge is -2.14. The van der Waals surface area contributed by atoms with Gasteiger partial charge in [0, 0.05) is 17.2 Å². The van der Waals surface area contributed by atoms with Crippen LogP contribution in [0.5, 0.6) is 17.2 Å². The van der Waals surface area contributed by atoms with Crippen molar-refractivity contribution in [2.45, 2.75) is 0 Å². The van der Waals surface area contributed by atoms with Crippen LogP contribution in [0.3, 0.4) is 0 Å². The maximum atomic E-state index is 12.4. The normalized spacial score (nSPS) is 10.5. The average Bonchev–Trinajstić information content (AvgIpc) is 2.77. The molecule has 0 heterocycles. The number of benzene rings is 2. The number of halogens is 1. The monoisotopic (exact) mass is 450 g/mol. The Kier molecular flexibility index (Phi) is 8.15. The number of rotatable bonds is 9. The number of carbonyl (C=O) groups excluding carboxylic acids is 2. The van der Waals surface area contributed by atoms with Crippen LogP contribution in [0.25, 0.3) is 0 Å². The minimum Gasteiger partial charge on any atom is -0.493 e. The van der Waals surface area contributed by atoms with E-state index in [4.69, 9.17) is 25.8 Å². The second-order valence-electron chi connectivity index (χ2n) is 5.86. The Balaban J connectivity index is 1.97. The Morgan fingerprint density at radius 3 is 2.32 bits per heavy atom. The van der Waals surface area contributed by atoms with Gasteiger partial charge >= 0.3 is 0 Å². The highest BCUT2D eigenvalue weighted by atomic mass is 35.5. The molecule has 0 aromatic heterocycles. The Morgan fingerprint density at radius 2 is 1.77 bits per heavy atom. The number of nitrogens with one attached hydrogen (secondary N) is 2. The van der Waals surface area contributed by atoms with Gasteiger partial charge in [0.25, 0.3) is 17.5 Å². The van der Waals surface area contributed by atoms with Gasteiger partial charge in [0.1, 0.15) is 5.02 Å². The molecule has 164 valence electrons. The van der Waals surface area contributed by atoms with Crippen molar-refractivity contribution in [3.63, 3.8) is 0 Å². The predicted octanol–water partition coefficient (Wildman–Crippen LogP) is 2.15. The van der Waals surface area contributed by atoms with Crippen molar-refractivity contribution >= 4 is 35.3 Å². The molecule has 0 aliphatic rings. The minimum absolute atomic E-state index is 0.0132. The van der Waals surface area contributed by atoms with Gasteiger partial charge in [-0.15, -0.1) is 0 Å². The Morgan fingerprint density at radius 1 is 1.13 bits per heavy atom. The van der Waals surface area contributed by atoms with E-state index >= 15 is 0 Å². The number of hydrazone groups is 1. The van der Waals surface area contributed by atoms with E-state index in [2.05, 4.69) is 15.8 Å². The van der Waals surface area contributed by atoms with E-state index in [0.29, 0.717) is 11.3 Å². The summed E-state index contributed by atoms with van der Waals surface area (Å²) in [5.74, 6) is -0.250. The molecule has 0 aliphatic heterocycles. The van der Waals surface area contributed by atoms with E-state index in [1.165, 1.54) is 57.9 Å². The average molecular weight is 451 g/mol. The molecule has 0 bridgehead atoms. The summed E-state index contributed by atoms with van der Waals surface area (Å²) in [6.45, 7) is -0.367. The van der Waals surface area contributed by atoms with Crippen molar-refractivity contribution < 1.29 is 28.7 Å². The first-order valence-corrected chi connectivity index (χ1v) is 9.02. The second-order valence-corrected chi connectivity index (χ2v) is 6.27. The summed E-state index contributed by atoms with van der Waals surface area (Å²) in [7, 11) is 4.27. The highest BCUT2D eigenvalue weighted by Crippen LogP contribution is 2.38. The number of ether oxygens (including phenoxy) is 3. The first kappa shape index (κ1) is 23.4. The zero-order chi connectivity index (χ0) is 23.0. The van der Waals surface area contributed by atoms with Crippen molar-refractivity contribution in [3.05, 3.63) is 56.6 Å². The van der Waals surface area contributed by atoms with Crippen LogP contribution < -0.4 is 25.0 Å². The van der Waals surface area contributed by atoms with E-state index in [1.807, 2.05) is 0 Å². The molecule has 0 unspecified atom stereocenters. The first-order chi connectivity index (χ1) is 14.8. The molecule has 2 aromatic rings. The minimum atomic E-state index is -0.628. The molecule has 31 heavy (non-hydrogen) atoms. The summed E-state index contributed by atoms with van der Waals surface area (Å²) in [6.07, 6.45) is 1.21. The van der Waals surface area contributed by atoms with E-state index in [0.717, 1.165) is 0 Å². The SMILES string of the molecule is COc1cc(C(=O)NCC(=O)N/N=C/c2ccc(Cl)c([N+](=O)[O-])c2)cc(OC)c1OC. The number of methoxy groups -OCH3 is 3. The molecule has 2 aromatic carbocycles. The van der Waals surface area contributed by atoms with Gasteiger partial charge in [-0.25, -0.2) is 5.43 Å². The maximum Gasteiger partial charge on any atom is 0.288 e. The third-order valence-electron chi connectivity index (χ3n) is 3.91. The molecule has 2 amide bonds. The molecule has 2 rings (SSSR count). The lowest BCUT2D eigenvalue weighted by molar-refractivity contribution is -0.384. The Bertz CT molecular complexity index is 1000. The lowest BCUT2D eigenvalue weighted by atomic mass is 10.1. The standard InChI is InChI=1S/C19H19ClN4O7/c1-29-15-7-12(8-16(30-2)18(15)31-3)19(26)21-10-17(25)23-22-9-11-4-5-13(20)14(6-11)24(27)28/h4-9H,10H2,1-3H3,(H,21,26)(H,23,25)/b22-9+. The van der Waals surface area contributed by atoms with Gasteiger partial charge in [0.2, 0.25) is 5.75 Å². The fraction of sp³-hybridized carbons (Fsp3) is 0.211. The summed E-state index contributed by atoms with van der Waals surface area (Å²) in [4.78, 5) is 34.5. The molecule has 0 saturated carbocycles. The van der Waals surface area contributed by atoms with Crippen LogP contribution in [-0.4, -0.2) is 50.8 Å². The number of hydrogen-bond acceptors (Lipinski definition) is 8. The number of hydrogen-bond donors (Lipinski definition) is 2. The van der Waals surface area contributed by atoms with Gasteiger partial charge in [-0.1, -0.05) is 17.7 Å². The van der Waals surface area contributed by atoms with E-state index in [9.17, 15) is 19.7 Å². The van der Waals surface area contributed by atoms with Crippen LogP contribution in [0.15, 0.2) is 35.4 Å². The van der Waals surface area contributed by atoms with Crippen molar-refractivity contribution in [2.75, 3.05) is 27.9 Å². The maximum absolute atomic E-state index is 12.4. The largest absolute Gasteiger partial charge is 0.493 e. The summed E-state index contributed by atoms with van der Waals surface area (Å²) in [5.41, 5.74) is 2.48. The quantitative estimate of drug-likeness (QED) is 0.338. The Labute approximate surface area is 182 Å². The van der Waals surface area contributed by atoms with Gasteiger partial charge in [0.15, 0.2) is 11.5 Å². The van der Waals surface area contributed by atoms with E-state index in [-0.39, 0.29) is 34.3 Å². The van der Waals surface area contributed by atoms with E-state index in [1.54, 1.807) is 0 Å². The van der Waals surface area contributed by atoms with Gasteiger partial charge in [-0.3, -0.25) is 19.7 Å². The van der Waals surface area contributed by atoms with Gasteiger partial charge in [0.05, 0.1) is 39.0 Å². The Hall–Kier alpha value is -3.86. The summed E-state index contributed by atoms with van der Waals surface area (Å²) < 4.78 is 15.6. The van der Waals surface area contributed by atoms with Gasteiger partial charge in [-0.05, 0) is 18.2 Å². The van der Waals surface area contributed by atoms with Gasteiger partial charge in [-0.2, -0.15) is 5.10 Å². The highest BCUT2D eigenvalue weighted by Gasteiger charge is 2.17. The van der Waals surface area contributed by atoms with Crippen LogP contribution in [-0.2, 0) is 4.79 Å². The van der Waals surface area contributed by atoms with Crippen LogP contribution >= 0.6 is 11.6 Å². The van der Waals surface area contributed by atoms with Crippen LogP contribution in [0.2, 0.25) is 5.02 Å². The van der Waals surface area contributed by atoms with Crippen molar-refractivity contribution in [2.24, 2.45) is 5.10 Å². The molecule has 0 fully saturated rings. The number of nitro benzene ring substituents is 1. The second kappa shape index (κ2) is 10.8. The molecule has 0 spiro atoms. The molecular weight excluding hydrogens is 432 g/mol. The highest BCUT2D eigenvalue weighted by molar-refractivity contribution is 6.32. The third kappa shape index (κ3) is 6.06. The number of carbonyl (C=O) groups is 2. The fourth-order valence-electron chi connectivity index (χ4n) is 2.44. The van der Waals surface area contributed by atoms with Crippen molar-refractivity contribution in [1.29, 1.82) is 0 Å². The fourth-order valence-corrected chi connectivity index (χ4v) is 2.63. The summed E-state index contributed by atoms with van der Waals surface area (Å²) >= 11 is 5.73. The zero-order valence-electron chi connectivity index (χ0n) is 16.8. The number of amides is 2. The molecule has 11 nitrogen and oxygen atoms in total.